The number of halogens is 2. The molecule has 0 fully saturated rings. The van der Waals surface area contributed by atoms with E-state index in [9.17, 15) is 29.9 Å². The number of aromatic hydroxyl groups is 2. The maximum atomic E-state index is 12.9. The van der Waals surface area contributed by atoms with Gasteiger partial charge in [-0.15, -0.1) is 0 Å². The highest BCUT2D eigenvalue weighted by atomic mass is 35.5. The second-order valence-corrected chi connectivity index (χ2v) is 16.5. The van der Waals surface area contributed by atoms with Crippen molar-refractivity contribution < 1.29 is 33.6 Å². The van der Waals surface area contributed by atoms with Crippen LogP contribution in [-0.2, 0) is 0 Å². The molecule has 15 heteroatoms. The number of nitro groups is 1. The molecule has 10 rings (SSSR count). The predicted octanol–water partition coefficient (Wildman–Crippen LogP) is 14.5. The van der Waals surface area contributed by atoms with Crippen LogP contribution in [0.4, 0.5) is 17.5 Å². The highest BCUT2D eigenvalue weighted by Gasteiger charge is 2.24. The molecule has 13 nitrogen and oxygen atoms in total. The van der Waals surface area contributed by atoms with E-state index in [0.717, 1.165) is 28.3 Å². The molecule has 0 saturated carbocycles. The summed E-state index contributed by atoms with van der Waals surface area (Å²) in [7, 11) is 0. The Labute approximate surface area is 415 Å². The van der Waals surface area contributed by atoms with Gasteiger partial charge in [-0.25, -0.2) is 9.97 Å². The summed E-state index contributed by atoms with van der Waals surface area (Å²) >= 11 is 12.1. The minimum absolute atomic E-state index is 0.133. The van der Waals surface area contributed by atoms with Gasteiger partial charge >= 0.3 is 0 Å². The summed E-state index contributed by atoms with van der Waals surface area (Å²) in [5.74, 6) is 0.111. The zero-order chi connectivity index (χ0) is 49.4. The minimum atomic E-state index is -0.580. The number of nitro benzene ring substituents is 1. The van der Waals surface area contributed by atoms with Crippen molar-refractivity contribution in [2.75, 3.05) is 10.6 Å². The molecule has 2 aromatic heterocycles. The van der Waals surface area contributed by atoms with Crippen molar-refractivity contribution in [3.8, 4) is 79.2 Å². The molecule has 4 N–H and O–H groups in total. The Morgan fingerprint density at radius 3 is 1.39 bits per heavy atom. The van der Waals surface area contributed by atoms with Gasteiger partial charge in [0.15, 0.2) is 0 Å². The van der Waals surface area contributed by atoms with Gasteiger partial charge in [-0.05, 0) is 95.6 Å². The molecule has 0 saturated heterocycles. The summed E-state index contributed by atoms with van der Waals surface area (Å²) in [4.78, 5) is 45.7. The van der Waals surface area contributed by atoms with Gasteiger partial charge in [0.2, 0.25) is 23.5 Å². The van der Waals surface area contributed by atoms with E-state index in [0.29, 0.717) is 60.7 Å². The lowest BCUT2D eigenvalue weighted by Crippen LogP contribution is -2.11. The number of oxazole rings is 2. The fourth-order valence-corrected chi connectivity index (χ4v) is 7.79. The van der Waals surface area contributed by atoms with Gasteiger partial charge in [-0.1, -0.05) is 132 Å². The second-order valence-electron chi connectivity index (χ2n) is 15.6. The molecule has 0 spiro atoms. The number of carbonyl (C=O) groups is 2. The summed E-state index contributed by atoms with van der Waals surface area (Å²) in [5.41, 5.74) is 6.80. The quantitative estimate of drug-likeness (QED) is 0.0715. The lowest BCUT2D eigenvalue weighted by atomic mass is 9.98. The molecule has 0 aliphatic carbocycles. The Kier molecular flexibility index (Phi) is 13.8. The van der Waals surface area contributed by atoms with E-state index in [1.807, 2.05) is 54.6 Å². The first-order valence-electron chi connectivity index (χ1n) is 21.7. The van der Waals surface area contributed by atoms with Crippen LogP contribution in [0.25, 0.3) is 67.7 Å². The number of aromatic nitrogens is 2. The molecule has 0 atom stereocenters. The van der Waals surface area contributed by atoms with Crippen LogP contribution in [0.2, 0.25) is 10.0 Å². The van der Waals surface area contributed by atoms with Crippen LogP contribution in [0.1, 0.15) is 20.7 Å². The normalized spacial score (nSPS) is 10.7. The maximum Gasteiger partial charge on any atom is 0.273 e. The Hall–Kier alpha value is -9.30. The smallest absolute Gasteiger partial charge is 0.273 e. The molecule has 10 aromatic rings. The van der Waals surface area contributed by atoms with Crippen LogP contribution in [0, 0.1) is 10.1 Å². The lowest BCUT2D eigenvalue weighted by molar-refractivity contribution is -0.384. The van der Waals surface area contributed by atoms with Gasteiger partial charge in [0.1, 0.15) is 22.9 Å². The Morgan fingerprint density at radius 2 is 0.930 bits per heavy atom. The first-order valence-corrected chi connectivity index (χ1v) is 22.5. The molecule has 2 heterocycles. The summed E-state index contributed by atoms with van der Waals surface area (Å²) < 4.78 is 12.2. The van der Waals surface area contributed by atoms with Crippen LogP contribution in [0.3, 0.4) is 0 Å². The molecule has 0 unspecified atom stereocenters. The van der Waals surface area contributed by atoms with Crippen molar-refractivity contribution in [3.63, 3.8) is 0 Å². The van der Waals surface area contributed by atoms with Gasteiger partial charge in [0, 0.05) is 55.1 Å². The number of anilines is 2. The average Bonchev–Trinajstić information content (AvgIpc) is 4.02. The minimum Gasteiger partial charge on any atom is -0.508 e. The molecule has 71 heavy (non-hydrogen) atoms. The molecule has 2 amide bonds. The van der Waals surface area contributed by atoms with E-state index in [2.05, 4.69) is 15.6 Å². The number of phenols is 2. The first-order chi connectivity index (χ1) is 34.5. The third-order valence-corrected chi connectivity index (χ3v) is 11.5. The molecule has 0 aliphatic heterocycles. The van der Waals surface area contributed by atoms with Crippen LogP contribution < -0.4 is 10.6 Å². The predicted molar refractivity (Wildman–Crippen MR) is 274 cm³/mol. The van der Waals surface area contributed by atoms with Crippen molar-refractivity contribution in [1.82, 2.24) is 9.97 Å². The van der Waals surface area contributed by atoms with Crippen molar-refractivity contribution in [2.24, 2.45) is 0 Å². The summed E-state index contributed by atoms with van der Waals surface area (Å²) in [5, 5.41) is 38.4. The Morgan fingerprint density at radius 1 is 0.479 bits per heavy atom. The van der Waals surface area contributed by atoms with Gasteiger partial charge in [0.25, 0.3) is 17.5 Å². The first kappa shape index (κ1) is 46.8. The molecule has 0 bridgehead atoms. The molecular formula is C56H37Cl2N5O8. The van der Waals surface area contributed by atoms with Crippen molar-refractivity contribution in [2.45, 2.75) is 0 Å². The number of amides is 2. The van der Waals surface area contributed by atoms with E-state index in [1.54, 1.807) is 127 Å². The van der Waals surface area contributed by atoms with Crippen molar-refractivity contribution >= 4 is 52.5 Å². The number of phenolic OH excluding ortho intramolecular Hbond substituents is 2. The van der Waals surface area contributed by atoms with E-state index >= 15 is 0 Å². The Balaban J connectivity index is 0.000000176. The lowest BCUT2D eigenvalue weighted by Gasteiger charge is -2.09. The number of nitrogens with one attached hydrogen (secondary N) is 2. The van der Waals surface area contributed by atoms with Gasteiger partial charge < -0.3 is 19.0 Å². The van der Waals surface area contributed by atoms with Crippen LogP contribution >= 0.6 is 23.2 Å². The highest BCUT2D eigenvalue weighted by Crippen LogP contribution is 2.42. The maximum absolute atomic E-state index is 12.9. The van der Waals surface area contributed by atoms with E-state index in [1.165, 1.54) is 12.1 Å². The van der Waals surface area contributed by atoms with E-state index in [4.69, 9.17) is 37.0 Å². The summed E-state index contributed by atoms with van der Waals surface area (Å²) in [6.45, 7) is 0. The monoisotopic (exact) mass is 977 g/mol. The number of hydrogen-bond donors (Lipinski definition) is 4. The summed E-state index contributed by atoms with van der Waals surface area (Å²) in [6, 6.07) is 57.2. The average molecular weight is 979 g/mol. The largest absolute Gasteiger partial charge is 0.508 e. The van der Waals surface area contributed by atoms with E-state index < -0.39 is 4.92 Å². The van der Waals surface area contributed by atoms with Crippen LogP contribution in [0.15, 0.2) is 209 Å². The SMILES string of the molecule is O=C(Nc1oc(-c2ccccc2-c2ccc([N+](=O)[O-])cc2O)nc1-c1ccc(Cl)cc1)c1ccccc1.O=C(Nc1oc(-c2ccccc2-c2cccc(O)c2)nc1-c1ccc(Cl)cc1)c1ccccc1. The van der Waals surface area contributed by atoms with Gasteiger partial charge in [0.05, 0.1) is 11.0 Å². The fraction of sp³-hybridized carbons (Fsp3) is 0. The molecule has 348 valence electrons. The van der Waals surface area contributed by atoms with Gasteiger partial charge in [-0.2, -0.15) is 0 Å². The topological polar surface area (TPSA) is 194 Å². The Bertz CT molecular complexity index is 3550. The summed E-state index contributed by atoms with van der Waals surface area (Å²) in [6.07, 6.45) is 0. The zero-order valence-electron chi connectivity index (χ0n) is 37.0. The third-order valence-electron chi connectivity index (χ3n) is 11.0. The van der Waals surface area contributed by atoms with Crippen LogP contribution in [-0.4, -0.2) is 36.9 Å². The third kappa shape index (κ3) is 10.7. The number of rotatable bonds is 11. The number of nitrogens with zero attached hydrogens (tertiary/aromatic N) is 3. The number of non-ortho nitro benzene ring substituents is 1. The number of carbonyl (C=O) groups excluding carboxylic acids is 2. The van der Waals surface area contributed by atoms with E-state index in [-0.39, 0.29) is 46.7 Å². The van der Waals surface area contributed by atoms with Gasteiger partial charge in [-0.3, -0.25) is 30.3 Å². The molecule has 0 aliphatic rings. The van der Waals surface area contributed by atoms with Crippen LogP contribution in [0.5, 0.6) is 11.5 Å². The fourth-order valence-electron chi connectivity index (χ4n) is 7.54. The molecule has 8 aromatic carbocycles. The highest BCUT2D eigenvalue weighted by molar-refractivity contribution is 6.31. The number of hydrogen-bond acceptors (Lipinski definition) is 10. The standard InChI is InChI=1S/C28H18ClN3O5.C28H19ClN2O3/c29-19-12-10-17(11-13-19)25-28(31-26(34)18-6-2-1-3-7-18)37-27(30-25)23-9-5-4-8-21(23)22-15-14-20(32(35)36)16-24(22)33;29-21-15-13-18(14-16-21)25-28(31-26(33)19-7-2-1-3-8-19)34-27(30-25)24-12-5-4-11-23(24)20-9-6-10-22(32)17-20/h1-16,33H,(H,31,34);1-17,32H,(H,31,33). The second kappa shape index (κ2) is 20.9. The van der Waals surface area contributed by atoms with Crippen molar-refractivity contribution in [1.29, 1.82) is 0 Å². The number of benzene rings is 8. The zero-order valence-corrected chi connectivity index (χ0v) is 38.5. The molecule has 0 radical (unpaired) electrons. The molecular weight excluding hydrogens is 942 g/mol. The van der Waals surface area contributed by atoms with Crippen molar-refractivity contribution in [3.05, 3.63) is 231 Å².